The fraction of sp³-hybridized carbons (Fsp3) is 0.250. The van der Waals surface area contributed by atoms with Crippen LogP contribution in [-0.4, -0.2) is 11.1 Å². The maximum atomic E-state index is 9.60. The molecule has 0 amide bonds. The van der Waals surface area contributed by atoms with E-state index in [1.807, 2.05) is 0 Å². The molecule has 0 rings (SSSR count). The zero-order valence-electron chi connectivity index (χ0n) is 4.79. The molecule has 1 N–H and O–H groups in total. The number of hydrogen-bond acceptors (Lipinski definition) is 1. The first-order chi connectivity index (χ1) is 2.64. The predicted octanol–water partition coefficient (Wildman–Crippen LogP) is 1.91. The highest BCUT2D eigenvalue weighted by molar-refractivity contribution is 5.86. The van der Waals surface area contributed by atoms with Crippen molar-refractivity contribution >= 4 is 43.2 Å². The molecule has 0 unspecified atom stereocenters. The molecule has 0 aromatic carbocycles. The second kappa shape index (κ2) is 11.0. The quantitative estimate of drug-likeness (QED) is 0.649. The molecule has 0 spiro atoms. The summed E-state index contributed by atoms with van der Waals surface area (Å²) >= 11 is 0. The first-order valence-electron chi connectivity index (χ1n) is 1.53. The van der Waals surface area contributed by atoms with Crippen molar-refractivity contribution in [1.29, 1.82) is 0 Å². The van der Waals surface area contributed by atoms with Crippen LogP contribution >= 0.6 is 37.2 Å². The van der Waals surface area contributed by atoms with Crippen molar-refractivity contribution in [2.75, 3.05) is 0 Å². The van der Waals surface area contributed by atoms with E-state index in [1.54, 1.807) is 0 Å². The molecule has 0 fully saturated rings. The van der Waals surface area contributed by atoms with E-state index in [0.29, 0.717) is 0 Å². The summed E-state index contributed by atoms with van der Waals surface area (Å²) in [6.45, 7) is 4.60. The van der Waals surface area contributed by atoms with Crippen LogP contribution in [0.4, 0.5) is 0 Å². The maximum Gasteiger partial charge on any atom is 0.330 e. The fourth-order valence-electron chi connectivity index (χ4n) is 0. The average Bonchev–Trinajstić information content (AvgIpc) is 1.36. The van der Waals surface area contributed by atoms with Gasteiger partial charge in [-0.2, -0.15) is 0 Å². The Morgan fingerprint density at radius 3 is 1.44 bits per heavy atom. The Bertz CT molecular complexity index is 79.8. The topological polar surface area (TPSA) is 37.3 Å². The van der Waals surface area contributed by atoms with Gasteiger partial charge >= 0.3 is 5.97 Å². The fourth-order valence-corrected chi connectivity index (χ4v) is 0. The summed E-state index contributed by atoms with van der Waals surface area (Å²) in [6, 6.07) is 0. The smallest absolute Gasteiger partial charge is 0.330 e. The number of aliphatic carboxylic acids is 1. The molecule has 0 radical (unpaired) electrons. The van der Waals surface area contributed by atoms with Gasteiger partial charge in [0.05, 0.1) is 0 Å². The van der Waals surface area contributed by atoms with Crippen LogP contribution in [0.1, 0.15) is 6.92 Å². The molecule has 58 valence electrons. The van der Waals surface area contributed by atoms with Crippen molar-refractivity contribution in [1.82, 2.24) is 0 Å². The van der Waals surface area contributed by atoms with Gasteiger partial charge in [-0.05, 0) is 6.92 Å². The van der Waals surface area contributed by atoms with Crippen LogP contribution in [0.3, 0.4) is 0 Å². The molecule has 0 aliphatic rings. The number of carboxylic acids is 1. The Kier molecular flexibility index (Phi) is 28.0. The summed E-state index contributed by atoms with van der Waals surface area (Å²) in [4.78, 5) is 9.60. The van der Waals surface area contributed by atoms with Crippen molar-refractivity contribution < 1.29 is 9.90 Å². The van der Waals surface area contributed by atoms with E-state index in [4.69, 9.17) is 5.11 Å². The molecular formula is C4H9Cl3O2. The van der Waals surface area contributed by atoms with Crippen LogP contribution < -0.4 is 0 Å². The van der Waals surface area contributed by atoms with Crippen LogP contribution in [0.25, 0.3) is 0 Å². The molecule has 0 bridgehead atoms. The molecule has 9 heavy (non-hydrogen) atoms. The minimum Gasteiger partial charge on any atom is -0.478 e. The molecule has 2 nitrogen and oxygen atoms in total. The maximum absolute atomic E-state index is 9.60. The van der Waals surface area contributed by atoms with Crippen LogP contribution in [-0.2, 0) is 4.79 Å². The second-order valence-electron chi connectivity index (χ2n) is 1.09. The molecule has 5 heteroatoms. The Morgan fingerprint density at radius 2 is 1.44 bits per heavy atom. The van der Waals surface area contributed by atoms with Gasteiger partial charge in [0.1, 0.15) is 0 Å². The highest BCUT2D eigenvalue weighted by Gasteiger charge is 1.90. The van der Waals surface area contributed by atoms with E-state index in [9.17, 15) is 4.79 Å². The van der Waals surface area contributed by atoms with Gasteiger partial charge in [0, 0.05) is 5.57 Å². The summed E-state index contributed by atoms with van der Waals surface area (Å²) < 4.78 is 0. The molecule has 0 saturated heterocycles. The third-order valence-electron chi connectivity index (χ3n) is 0.365. The van der Waals surface area contributed by atoms with Gasteiger partial charge in [0.15, 0.2) is 0 Å². The number of carboxylic acid groups (broad SMARTS) is 1. The van der Waals surface area contributed by atoms with Crippen LogP contribution in [0.5, 0.6) is 0 Å². The molecular weight excluding hydrogens is 186 g/mol. The Morgan fingerprint density at radius 1 is 1.33 bits per heavy atom. The summed E-state index contributed by atoms with van der Waals surface area (Å²) in [5.74, 6) is -0.935. The Hall–Kier alpha value is 0.0800. The molecule has 0 aromatic rings. The van der Waals surface area contributed by atoms with Gasteiger partial charge in [0.25, 0.3) is 0 Å². The van der Waals surface area contributed by atoms with Gasteiger partial charge in [-0.15, -0.1) is 37.2 Å². The minimum atomic E-state index is -0.935. The van der Waals surface area contributed by atoms with Crippen LogP contribution in [0.15, 0.2) is 12.2 Å². The van der Waals surface area contributed by atoms with Gasteiger partial charge in [-0.3, -0.25) is 0 Å². The normalized spacial score (nSPS) is 5.00. The summed E-state index contributed by atoms with van der Waals surface area (Å²) in [7, 11) is 0. The van der Waals surface area contributed by atoms with E-state index >= 15 is 0 Å². The standard InChI is InChI=1S/C4H6O2.3ClH/c1-3(2)4(5)6;;;/h1H2,2H3,(H,5,6);3*1H. The molecule has 0 aliphatic heterocycles. The van der Waals surface area contributed by atoms with Crippen molar-refractivity contribution in [3.05, 3.63) is 12.2 Å². The van der Waals surface area contributed by atoms with Crippen LogP contribution in [0, 0.1) is 0 Å². The largest absolute Gasteiger partial charge is 0.478 e. The lowest BCUT2D eigenvalue weighted by Crippen LogP contribution is -1.92. The number of carbonyl (C=O) groups is 1. The monoisotopic (exact) mass is 194 g/mol. The first kappa shape index (κ1) is 23.0. The highest BCUT2D eigenvalue weighted by atomic mass is 35.5. The highest BCUT2D eigenvalue weighted by Crippen LogP contribution is 1.81. The SMILES string of the molecule is C=C(C)C(=O)O.Cl.Cl.Cl. The molecule has 0 aliphatic carbocycles. The number of rotatable bonds is 1. The number of hydrogen-bond donors (Lipinski definition) is 1. The average molecular weight is 195 g/mol. The minimum absolute atomic E-state index is 0. The number of halogens is 3. The van der Waals surface area contributed by atoms with Crippen molar-refractivity contribution in [3.8, 4) is 0 Å². The third kappa shape index (κ3) is 17.9. The predicted molar refractivity (Wildman–Crippen MR) is 44.2 cm³/mol. The van der Waals surface area contributed by atoms with Crippen molar-refractivity contribution in [3.63, 3.8) is 0 Å². The first-order valence-corrected chi connectivity index (χ1v) is 1.53. The second-order valence-corrected chi connectivity index (χ2v) is 1.09. The van der Waals surface area contributed by atoms with E-state index in [0.717, 1.165) is 0 Å². The zero-order valence-corrected chi connectivity index (χ0v) is 7.24. The van der Waals surface area contributed by atoms with E-state index in [1.165, 1.54) is 6.92 Å². The molecule has 0 atom stereocenters. The van der Waals surface area contributed by atoms with Gasteiger partial charge in [-0.1, -0.05) is 6.58 Å². The lowest BCUT2D eigenvalue weighted by atomic mass is 10.4. The van der Waals surface area contributed by atoms with Crippen molar-refractivity contribution in [2.45, 2.75) is 6.92 Å². The Labute approximate surface area is 72.6 Å². The lowest BCUT2D eigenvalue weighted by Gasteiger charge is -1.79. The van der Waals surface area contributed by atoms with E-state index < -0.39 is 5.97 Å². The summed E-state index contributed by atoms with van der Waals surface area (Å²) in [6.07, 6.45) is 0. The van der Waals surface area contributed by atoms with Gasteiger partial charge in [0.2, 0.25) is 0 Å². The molecule has 0 saturated carbocycles. The van der Waals surface area contributed by atoms with Gasteiger partial charge in [-0.25, -0.2) is 4.79 Å². The van der Waals surface area contributed by atoms with E-state index in [2.05, 4.69) is 6.58 Å². The Balaban J connectivity index is -0.0000000417. The summed E-state index contributed by atoms with van der Waals surface area (Å²) in [5, 5.41) is 7.89. The molecule has 0 heterocycles. The third-order valence-corrected chi connectivity index (χ3v) is 0.365. The summed E-state index contributed by atoms with van der Waals surface area (Å²) in [5.41, 5.74) is 0.176. The van der Waals surface area contributed by atoms with E-state index in [-0.39, 0.29) is 42.8 Å². The zero-order chi connectivity index (χ0) is 5.15. The molecule has 0 aromatic heterocycles. The van der Waals surface area contributed by atoms with Crippen molar-refractivity contribution in [2.24, 2.45) is 0 Å². The lowest BCUT2D eigenvalue weighted by molar-refractivity contribution is -0.132. The van der Waals surface area contributed by atoms with Crippen LogP contribution in [0.2, 0.25) is 0 Å². The van der Waals surface area contributed by atoms with Gasteiger partial charge < -0.3 is 5.11 Å².